The number of thiophene rings is 1. The molecule has 0 atom stereocenters. The fourth-order valence-electron chi connectivity index (χ4n) is 3.61. The summed E-state index contributed by atoms with van der Waals surface area (Å²) in [6.45, 7) is 2.26. The fraction of sp³-hybridized carbons (Fsp3) is 0.526. The highest BCUT2D eigenvalue weighted by Gasteiger charge is 2.27. The molecule has 112 valence electrons. The molecule has 0 bridgehead atoms. The number of rotatable bonds is 5. The van der Waals surface area contributed by atoms with E-state index < -0.39 is 0 Å². The summed E-state index contributed by atoms with van der Waals surface area (Å²) in [4.78, 5) is 12.8. The molecule has 21 heavy (non-hydrogen) atoms. The molecule has 0 saturated heterocycles. The van der Waals surface area contributed by atoms with Crippen molar-refractivity contribution in [3.8, 4) is 0 Å². The standard InChI is InChI=1S/C19H24OS/c1-2-3-5-14-8-10-15(11-9-14)18(20)17-7-4-6-16-12-13-21-19(16)17/h4,6-7,12-15H,2-3,5,8-11H2,1H3. The van der Waals surface area contributed by atoms with Crippen LogP contribution in [0.4, 0.5) is 0 Å². The first-order valence-electron chi connectivity index (χ1n) is 8.30. The second-order valence-corrected chi connectivity index (χ2v) is 7.28. The summed E-state index contributed by atoms with van der Waals surface area (Å²) in [6, 6.07) is 8.25. The zero-order valence-electron chi connectivity index (χ0n) is 12.8. The molecule has 2 heteroatoms. The monoisotopic (exact) mass is 300 g/mol. The number of carbonyl (C=O) groups is 1. The lowest BCUT2D eigenvalue weighted by molar-refractivity contribution is 0.0871. The summed E-state index contributed by atoms with van der Waals surface area (Å²) in [5.74, 6) is 1.51. The molecule has 0 radical (unpaired) electrons. The average molecular weight is 300 g/mol. The number of benzene rings is 1. The van der Waals surface area contributed by atoms with Crippen LogP contribution in [-0.4, -0.2) is 5.78 Å². The van der Waals surface area contributed by atoms with Gasteiger partial charge in [-0.25, -0.2) is 0 Å². The molecule has 0 aliphatic heterocycles. The van der Waals surface area contributed by atoms with Crippen LogP contribution < -0.4 is 0 Å². The predicted molar refractivity (Wildman–Crippen MR) is 91.1 cm³/mol. The summed E-state index contributed by atoms with van der Waals surface area (Å²) >= 11 is 1.70. The highest BCUT2D eigenvalue weighted by atomic mass is 32.1. The maximum atomic E-state index is 12.8. The molecule has 3 rings (SSSR count). The molecule has 1 heterocycles. The van der Waals surface area contributed by atoms with Crippen molar-refractivity contribution in [3.63, 3.8) is 0 Å². The number of Topliss-reactive ketones (excluding diaryl/α,β-unsaturated/α-hetero) is 1. The Balaban J connectivity index is 1.68. The third-order valence-electron chi connectivity index (χ3n) is 4.93. The minimum absolute atomic E-state index is 0.260. The molecule has 1 aliphatic carbocycles. The van der Waals surface area contributed by atoms with E-state index in [4.69, 9.17) is 0 Å². The lowest BCUT2D eigenvalue weighted by atomic mass is 9.77. The summed E-state index contributed by atoms with van der Waals surface area (Å²) in [5.41, 5.74) is 0.958. The van der Waals surface area contributed by atoms with Crippen molar-refractivity contribution in [1.29, 1.82) is 0 Å². The van der Waals surface area contributed by atoms with Gasteiger partial charge in [-0.2, -0.15) is 0 Å². The van der Waals surface area contributed by atoms with Crippen LogP contribution in [0.15, 0.2) is 29.6 Å². The highest BCUT2D eigenvalue weighted by molar-refractivity contribution is 7.17. The van der Waals surface area contributed by atoms with E-state index in [2.05, 4.69) is 24.4 Å². The van der Waals surface area contributed by atoms with Crippen molar-refractivity contribution in [2.45, 2.75) is 51.9 Å². The third-order valence-corrected chi connectivity index (χ3v) is 5.89. The van der Waals surface area contributed by atoms with Crippen molar-refractivity contribution in [2.75, 3.05) is 0 Å². The van der Waals surface area contributed by atoms with Gasteiger partial charge < -0.3 is 0 Å². The number of fused-ring (bicyclic) bond motifs is 1. The van der Waals surface area contributed by atoms with E-state index >= 15 is 0 Å². The predicted octanol–water partition coefficient (Wildman–Crippen LogP) is 6.08. The molecule has 1 aliphatic rings. The third kappa shape index (κ3) is 3.21. The normalized spacial score (nSPS) is 22.5. The minimum Gasteiger partial charge on any atom is -0.294 e. The zero-order chi connectivity index (χ0) is 14.7. The van der Waals surface area contributed by atoms with E-state index in [1.165, 1.54) is 42.2 Å². The molecule has 1 aromatic carbocycles. The van der Waals surface area contributed by atoms with Gasteiger partial charge in [0.25, 0.3) is 0 Å². The largest absolute Gasteiger partial charge is 0.294 e. The van der Waals surface area contributed by atoms with E-state index in [-0.39, 0.29) is 5.92 Å². The highest BCUT2D eigenvalue weighted by Crippen LogP contribution is 2.35. The van der Waals surface area contributed by atoms with E-state index in [9.17, 15) is 4.79 Å². The Bertz CT molecular complexity index is 605. The molecule has 1 nitrogen and oxygen atoms in total. The maximum absolute atomic E-state index is 12.8. The maximum Gasteiger partial charge on any atom is 0.167 e. The van der Waals surface area contributed by atoms with Crippen LogP contribution in [0.1, 0.15) is 62.2 Å². The number of carbonyl (C=O) groups excluding carboxylic acids is 1. The van der Waals surface area contributed by atoms with Gasteiger partial charge in [-0.05, 0) is 54.5 Å². The van der Waals surface area contributed by atoms with Gasteiger partial charge >= 0.3 is 0 Å². The van der Waals surface area contributed by atoms with E-state index in [1.807, 2.05) is 12.1 Å². The molecule has 1 fully saturated rings. The van der Waals surface area contributed by atoms with Gasteiger partial charge in [0.05, 0.1) is 0 Å². The quantitative estimate of drug-likeness (QED) is 0.611. The van der Waals surface area contributed by atoms with Crippen molar-refractivity contribution in [3.05, 3.63) is 35.2 Å². The van der Waals surface area contributed by atoms with Crippen LogP contribution in [0.25, 0.3) is 10.1 Å². The first-order valence-corrected chi connectivity index (χ1v) is 9.18. The number of ketones is 1. The van der Waals surface area contributed by atoms with Gasteiger partial charge in [0.2, 0.25) is 0 Å². The lowest BCUT2D eigenvalue weighted by Crippen LogP contribution is -2.22. The summed E-state index contributed by atoms with van der Waals surface area (Å²) in [7, 11) is 0. The van der Waals surface area contributed by atoms with Crippen LogP contribution in [0.5, 0.6) is 0 Å². The van der Waals surface area contributed by atoms with Gasteiger partial charge in [0, 0.05) is 16.2 Å². The van der Waals surface area contributed by atoms with E-state index in [1.54, 1.807) is 11.3 Å². The van der Waals surface area contributed by atoms with Gasteiger partial charge in [0.15, 0.2) is 5.78 Å². The summed E-state index contributed by atoms with van der Waals surface area (Å²) < 4.78 is 1.18. The first-order chi connectivity index (χ1) is 10.3. The summed E-state index contributed by atoms with van der Waals surface area (Å²) in [5, 5.41) is 3.30. The summed E-state index contributed by atoms with van der Waals surface area (Å²) in [6.07, 6.45) is 8.67. The van der Waals surface area contributed by atoms with Crippen LogP contribution in [0, 0.1) is 11.8 Å². The van der Waals surface area contributed by atoms with Crippen molar-refractivity contribution in [2.24, 2.45) is 11.8 Å². The van der Waals surface area contributed by atoms with Crippen molar-refractivity contribution in [1.82, 2.24) is 0 Å². The number of hydrogen-bond donors (Lipinski definition) is 0. The fourth-order valence-corrected chi connectivity index (χ4v) is 4.53. The second kappa shape index (κ2) is 6.74. The Hall–Kier alpha value is -1.15. The van der Waals surface area contributed by atoms with Gasteiger partial charge in [-0.15, -0.1) is 11.3 Å². The molecular weight excluding hydrogens is 276 g/mol. The van der Waals surface area contributed by atoms with Gasteiger partial charge in [0.1, 0.15) is 0 Å². The Morgan fingerprint density at radius 3 is 2.76 bits per heavy atom. The van der Waals surface area contributed by atoms with Crippen LogP contribution in [0.3, 0.4) is 0 Å². The molecule has 1 aromatic heterocycles. The molecule has 1 saturated carbocycles. The van der Waals surface area contributed by atoms with Gasteiger partial charge in [-0.1, -0.05) is 38.3 Å². The molecule has 0 unspecified atom stereocenters. The SMILES string of the molecule is CCCCC1CCC(C(=O)c2cccc3ccsc23)CC1. The smallest absolute Gasteiger partial charge is 0.167 e. The molecule has 2 aromatic rings. The lowest BCUT2D eigenvalue weighted by Gasteiger charge is -2.27. The zero-order valence-corrected chi connectivity index (χ0v) is 13.6. The van der Waals surface area contributed by atoms with Gasteiger partial charge in [-0.3, -0.25) is 4.79 Å². The van der Waals surface area contributed by atoms with Crippen LogP contribution >= 0.6 is 11.3 Å². The van der Waals surface area contributed by atoms with E-state index in [0.29, 0.717) is 5.78 Å². The second-order valence-electron chi connectivity index (χ2n) is 6.37. The number of unbranched alkanes of at least 4 members (excludes halogenated alkanes) is 1. The Labute approximate surface area is 131 Å². The van der Waals surface area contributed by atoms with Crippen LogP contribution in [-0.2, 0) is 0 Å². The first kappa shape index (κ1) is 14.8. The molecular formula is C19H24OS. The Kier molecular flexibility index (Phi) is 4.74. The Morgan fingerprint density at radius 2 is 2.00 bits per heavy atom. The molecule has 0 spiro atoms. The number of hydrogen-bond acceptors (Lipinski definition) is 2. The molecule has 0 N–H and O–H groups in total. The van der Waals surface area contributed by atoms with E-state index in [0.717, 1.165) is 24.3 Å². The topological polar surface area (TPSA) is 17.1 Å². The van der Waals surface area contributed by atoms with Crippen molar-refractivity contribution < 1.29 is 4.79 Å². The minimum atomic E-state index is 0.260. The molecule has 0 amide bonds. The van der Waals surface area contributed by atoms with Crippen molar-refractivity contribution >= 4 is 27.2 Å². The average Bonchev–Trinajstić information content (AvgIpc) is 3.01. The Morgan fingerprint density at radius 1 is 1.19 bits per heavy atom. The van der Waals surface area contributed by atoms with Crippen LogP contribution in [0.2, 0.25) is 0 Å².